The molecule has 4 nitrogen and oxygen atoms in total. The normalized spacial score (nSPS) is 13.7. The van der Waals surface area contributed by atoms with Crippen molar-refractivity contribution >= 4 is 11.6 Å². The molecule has 1 amide bonds. The van der Waals surface area contributed by atoms with Gasteiger partial charge in [0, 0.05) is 23.8 Å². The Morgan fingerprint density at radius 1 is 1.37 bits per heavy atom. The summed E-state index contributed by atoms with van der Waals surface area (Å²) in [5.74, 6) is 0.417. The van der Waals surface area contributed by atoms with E-state index in [0.717, 1.165) is 12.1 Å². The molecular formula is C15H24N2O2. The lowest BCUT2D eigenvalue weighted by Gasteiger charge is -2.21. The number of aliphatic hydroxyl groups is 1. The van der Waals surface area contributed by atoms with Crippen LogP contribution in [-0.2, 0) is 0 Å². The van der Waals surface area contributed by atoms with Gasteiger partial charge in [0.2, 0.25) is 0 Å². The molecule has 1 rings (SSSR count). The fourth-order valence-electron chi connectivity index (χ4n) is 1.78. The van der Waals surface area contributed by atoms with Gasteiger partial charge in [0.1, 0.15) is 0 Å². The molecule has 0 aliphatic carbocycles. The molecule has 0 aliphatic heterocycles. The Kier molecular flexibility index (Phi) is 6.36. The zero-order valence-electron chi connectivity index (χ0n) is 11.9. The highest BCUT2D eigenvalue weighted by atomic mass is 16.3. The molecule has 0 spiro atoms. The highest BCUT2D eigenvalue weighted by Gasteiger charge is 2.11. The lowest BCUT2D eigenvalue weighted by molar-refractivity contribution is 0.0945. The van der Waals surface area contributed by atoms with Crippen molar-refractivity contribution in [1.82, 2.24) is 5.32 Å². The van der Waals surface area contributed by atoms with E-state index in [1.54, 1.807) is 6.07 Å². The summed E-state index contributed by atoms with van der Waals surface area (Å²) in [6.45, 7) is 6.75. The summed E-state index contributed by atoms with van der Waals surface area (Å²) in [6.07, 6.45) is 1.12. The molecule has 19 heavy (non-hydrogen) atoms. The SMILES string of the molecule is CCC(C)C(C)Nc1cccc(C(=O)NCCO)c1. The highest BCUT2D eigenvalue weighted by Crippen LogP contribution is 2.16. The molecular weight excluding hydrogens is 240 g/mol. The third kappa shape index (κ3) is 4.91. The van der Waals surface area contributed by atoms with Gasteiger partial charge in [0.05, 0.1) is 6.61 Å². The van der Waals surface area contributed by atoms with Gasteiger partial charge in [0.25, 0.3) is 5.91 Å². The number of hydrogen-bond donors (Lipinski definition) is 3. The van der Waals surface area contributed by atoms with E-state index >= 15 is 0 Å². The summed E-state index contributed by atoms with van der Waals surface area (Å²) in [5.41, 5.74) is 1.55. The Bertz CT molecular complexity index is 407. The lowest BCUT2D eigenvalue weighted by atomic mass is 10.0. The molecule has 4 heteroatoms. The number of carbonyl (C=O) groups excluding carboxylic acids is 1. The standard InChI is InChI=1S/C15H24N2O2/c1-4-11(2)12(3)17-14-7-5-6-13(10-14)15(19)16-8-9-18/h5-7,10-12,17-18H,4,8-9H2,1-3H3,(H,16,19). The van der Waals surface area contributed by atoms with Gasteiger partial charge in [-0.3, -0.25) is 4.79 Å². The van der Waals surface area contributed by atoms with Crippen molar-refractivity contribution in [2.45, 2.75) is 33.2 Å². The second kappa shape index (κ2) is 7.79. The van der Waals surface area contributed by atoms with Crippen LogP contribution in [0.2, 0.25) is 0 Å². The van der Waals surface area contributed by atoms with Crippen LogP contribution in [0.1, 0.15) is 37.6 Å². The largest absolute Gasteiger partial charge is 0.395 e. The average Bonchev–Trinajstić information content (AvgIpc) is 2.43. The van der Waals surface area contributed by atoms with E-state index in [1.165, 1.54) is 0 Å². The highest BCUT2D eigenvalue weighted by molar-refractivity contribution is 5.95. The molecule has 0 radical (unpaired) electrons. The maximum atomic E-state index is 11.8. The van der Waals surface area contributed by atoms with Crippen LogP contribution in [0.3, 0.4) is 0 Å². The predicted octanol–water partition coefficient (Wildman–Crippen LogP) is 2.26. The van der Waals surface area contributed by atoms with Crippen molar-refractivity contribution in [3.63, 3.8) is 0 Å². The van der Waals surface area contributed by atoms with Crippen LogP contribution in [0, 0.1) is 5.92 Å². The maximum absolute atomic E-state index is 11.8. The number of carbonyl (C=O) groups is 1. The van der Waals surface area contributed by atoms with Crippen LogP contribution in [0.5, 0.6) is 0 Å². The molecule has 0 saturated heterocycles. The van der Waals surface area contributed by atoms with Crippen molar-refractivity contribution in [3.05, 3.63) is 29.8 Å². The number of anilines is 1. The Morgan fingerprint density at radius 3 is 2.74 bits per heavy atom. The Labute approximate surface area is 115 Å². The molecule has 0 aliphatic rings. The maximum Gasteiger partial charge on any atom is 0.251 e. The van der Waals surface area contributed by atoms with E-state index in [2.05, 4.69) is 31.4 Å². The number of benzene rings is 1. The number of nitrogens with one attached hydrogen (secondary N) is 2. The van der Waals surface area contributed by atoms with E-state index < -0.39 is 0 Å². The summed E-state index contributed by atoms with van der Waals surface area (Å²) >= 11 is 0. The van der Waals surface area contributed by atoms with Gasteiger partial charge in [-0.15, -0.1) is 0 Å². The Balaban J connectivity index is 2.69. The van der Waals surface area contributed by atoms with Crippen molar-refractivity contribution < 1.29 is 9.90 Å². The van der Waals surface area contributed by atoms with Crippen molar-refractivity contribution in [3.8, 4) is 0 Å². The summed E-state index contributed by atoms with van der Waals surface area (Å²) in [5, 5.41) is 14.8. The minimum Gasteiger partial charge on any atom is -0.395 e. The van der Waals surface area contributed by atoms with Gasteiger partial charge < -0.3 is 15.7 Å². The number of rotatable bonds is 7. The van der Waals surface area contributed by atoms with Crippen LogP contribution in [0.4, 0.5) is 5.69 Å². The van der Waals surface area contributed by atoms with Crippen LogP contribution in [0.25, 0.3) is 0 Å². The Hall–Kier alpha value is -1.55. The van der Waals surface area contributed by atoms with E-state index in [9.17, 15) is 4.79 Å². The summed E-state index contributed by atoms with van der Waals surface area (Å²) in [4.78, 5) is 11.8. The summed E-state index contributed by atoms with van der Waals surface area (Å²) in [7, 11) is 0. The molecule has 0 bridgehead atoms. The molecule has 0 heterocycles. The third-order valence-electron chi connectivity index (χ3n) is 3.41. The minimum atomic E-state index is -0.158. The summed E-state index contributed by atoms with van der Waals surface area (Å²) in [6, 6.07) is 7.79. The van der Waals surface area contributed by atoms with E-state index in [0.29, 0.717) is 17.5 Å². The van der Waals surface area contributed by atoms with Gasteiger partial charge in [-0.05, 0) is 31.0 Å². The molecule has 1 aromatic carbocycles. The summed E-state index contributed by atoms with van der Waals surface area (Å²) < 4.78 is 0. The first kappa shape index (κ1) is 15.5. The molecule has 3 N–H and O–H groups in total. The molecule has 2 atom stereocenters. The zero-order chi connectivity index (χ0) is 14.3. The average molecular weight is 264 g/mol. The van der Waals surface area contributed by atoms with E-state index in [1.807, 2.05) is 18.2 Å². The number of amides is 1. The van der Waals surface area contributed by atoms with E-state index in [4.69, 9.17) is 5.11 Å². The molecule has 0 saturated carbocycles. The second-order valence-corrected chi connectivity index (χ2v) is 4.88. The van der Waals surface area contributed by atoms with Crippen LogP contribution >= 0.6 is 0 Å². The first-order valence-corrected chi connectivity index (χ1v) is 6.84. The second-order valence-electron chi connectivity index (χ2n) is 4.88. The zero-order valence-corrected chi connectivity index (χ0v) is 11.9. The fourth-order valence-corrected chi connectivity index (χ4v) is 1.78. The quantitative estimate of drug-likeness (QED) is 0.708. The van der Waals surface area contributed by atoms with Crippen LogP contribution < -0.4 is 10.6 Å². The van der Waals surface area contributed by atoms with Crippen LogP contribution in [0.15, 0.2) is 24.3 Å². The molecule has 1 aromatic rings. The Morgan fingerprint density at radius 2 is 2.11 bits per heavy atom. The van der Waals surface area contributed by atoms with Gasteiger partial charge in [-0.1, -0.05) is 26.3 Å². The van der Waals surface area contributed by atoms with Crippen LogP contribution in [-0.4, -0.2) is 30.2 Å². The van der Waals surface area contributed by atoms with Crippen molar-refractivity contribution in [2.24, 2.45) is 5.92 Å². The molecule has 2 unspecified atom stereocenters. The van der Waals surface area contributed by atoms with Gasteiger partial charge in [-0.25, -0.2) is 0 Å². The smallest absolute Gasteiger partial charge is 0.251 e. The van der Waals surface area contributed by atoms with Crippen molar-refractivity contribution in [2.75, 3.05) is 18.5 Å². The first-order chi connectivity index (χ1) is 9.08. The van der Waals surface area contributed by atoms with Gasteiger partial charge >= 0.3 is 0 Å². The minimum absolute atomic E-state index is 0.0469. The fraction of sp³-hybridized carbons (Fsp3) is 0.533. The monoisotopic (exact) mass is 264 g/mol. The van der Waals surface area contributed by atoms with Crippen molar-refractivity contribution in [1.29, 1.82) is 0 Å². The topological polar surface area (TPSA) is 61.4 Å². The third-order valence-corrected chi connectivity index (χ3v) is 3.41. The molecule has 0 fully saturated rings. The first-order valence-electron chi connectivity index (χ1n) is 6.84. The van der Waals surface area contributed by atoms with Gasteiger partial charge in [-0.2, -0.15) is 0 Å². The predicted molar refractivity (Wildman–Crippen MR) is 78.4 cm³/mol. The lowest BCUT2D eigenvalue weighted by Crippen LogP contribution is -2.27. The van der Waals surface area contributed by atoms with Gasteiger partial charge in [0.15, 0.2) is 0 Å². The number of hydrogen-bond acceptors (Lipinski definition) is 3. The van der Waals surface area contributed by atoms with E-state index in [-0.39, 0.29) is 19.1 Å². The molecule has 0 aromatic heterocycles. The number of aliphatic hydroxyl groups excluding tert-OH is 1. The molecule has 106 valence electrons.